The van der Waals surface area contributed by atoms with Crippen LogP contribution in [-0.2, 0) is 10.9 Å². The van der Waals surface area contributed by atoms with Crippen molar-refractivity contribution in [2.24, 2.45) is 4.99 Å². The van der Waals surface area contributed by atoms with E-state index in [1.807, 2.05) is 6.07 Å². The molecule has 2 aliphatic rings. The molecule has 10 heteroatoms. The van der Waals surface area contributed by atoms with Crippen molar-refractivity contribution in [2.75, 3.05) is 12.8 Å². The van der Waals surface area contributed by atoms with Gasteiger partial charge in [0.15, 0.2) is 11.5 Å². The number of hydrogen-bond acceptors (Lipinski definition) is 7. The summed E-state index contributed by atoms with van der Waals surface area (Å²) in [6.07, 6.45) is -0.367. The first-order valence-electron chi connectivity index (χ1n) is 9.64. The van der Waals surface area contributed by atoms with Crippen molar-refractivity contribution in [3.63, 3.8) is 0 Å². The number of aromatic nitrogens is 2. The van der Waals surface area contributed by atoms with Crippen LogP contribution < -0.4 is 10.5 Å². The second-order valence-corrected chi connectivity index (χ2v) is 7.38. The Morgan fingerprint density at radius 1 is 1.17 bits per heavy atom. The summed E-state index contributed by atoms with van der Waals surface area (Å²) in [6.45, 7) is 0. The monoisotopic (exact) mass is 422 g/mol. The minimum absolute atomic E-state index is 0.109. The summed E-state index contributed by atoms with van der Waals surface area (Å²) in [4.78, 5) is 11.0. The highest BCUT2D eigenvalue weighted by Gasteiger charge is 2.38. The number of phenols is 1. The first kappa shape index (κ1) is 20.4. The molecular weight excluding hydrogens is 401 g/mol. The van der Waals surface area contributed by atoms with E-state index in [4.69, 9.17) is 15.2 Å². The van der Waals surface area contributed by atoms with Crippen LogP contribution in [0.2, 0.25) is 0 Å². The Morgan fingerprint density at radius 2 is 1.90 bits per heavy atom. The van der Waals surface area contributed by atoms with E-state index in [1.165, 1.54) is 13.5 Å². The maximum Gasteiger partial charge on any atom is 0.451 e. The summed E-state index contributed by atoms with van der Waals surface area (Å²) >= 11 is 0. The number of nitrogens with zero attached hydrogens (tertiary/aromatic N) is 3. The van der Waals surface area contributed by atoms with Crippen LogP contribution in [0.1, 0.15) is 55.0 Å². The Morgan fingerprint density at radius 3 is 2.53 bits per heavy atom. The molecular formula is C20H21F3N4O3. The number of nitrogens with two attached hydrogens (primary N) is 1. The number of phenolic OH excluding ortho intramolecular Hbond substituents is 1. The Balaban J connectivity index is 1.72. The lowest BCUT2D eigenvalue weighted by atomic mass is 9.83. The maximum absolute atomic E-state index is 13.0. The Bertz CT molecular complexity index is 988. The fourth-order valence-electron chi connectivity index (χ4n) is 3.92. The van der Waals surface area contributed by atoms with Crippen LogP contribution in [0, 0.1) is 0 Å². The summed E-state index contributed by atoms with van der Waals surface area (Å²) in [6, 6.07) is 5.19. The number of aliphatic imine (C=N–C) groups is 1. The molecule has 7 nitrogen and oxygen atoms in total. The predicted molar refractivity (Wildman–Crippen MR) is 103 cm³/mol. The Hall–Kier alpha value is -2.88. The summed E-state index contributed by atoms with van der Waals surface area (Å²) in [5.74, 6) is -1.84. The number of rotatable bonds is 3. The molecule has 1 unspecified atom stereocenters. The van der Waals surface area contributed by atoms with Gasteiger partial charge in [-0.15, -0.1) is 0 Å². The quantitative estimate of drug-likeness (QED) is 0.764. The van der Waals surface area contributed by atoms with Gasteiger partial charge in [-0.05, 0) is 30.4 Å². The third kappa shape index (κ3) is 3.79. The molecule has 160 valence electrons. The summed E-state index contributed by atoms with van der Waals surface area (Å²) in [5.41, 5.74) is 7.22. The number of nitrogen functional groups attached to an aromatic ring is 1. The summed E-state index contributed by atoms with van der Waals surface area (Å²) < 4.78 is 49.6. The lowest BCUT2D eigenvalue weighted by Crippen LogP contribution is -2.33. The lowest BCUT2D eigenvalue weighted by molar-refractivity contribution is -0.145. The fourth-order valence-corrected chi connectivity index (χ4v) is 3.92. The number of benzene rings is 1. The van der Waals surface area contributed by atoms with Gasteiger partial charge in [-0.1, -0.05) is 31.4 Å². The number of alkyl halides is 3. The number of ether oxygens (including phenoxy) is 2. The van der Waals surface area contributed by atoms with Crippen molar-refractivity contribution < 1.29 is 27.8 Å². The third-order valence-electron chi connectivity index (χ3n) is 5.39. The summed E-state index contributed by atoms with van der Waals surface area (Å²) in [7, 11) is 1.33. The molecule has 1 aliphatic carbocycles. The third-order valence-corrected chi connectivity index (χ3v) is 5.39. The van der Waals surface area contributed by atoms with Crippen LogP contribution in [0.5, 0.6) is 11.6 Å². The highest BCUT2D eigenvalue weighted by atomic mass is 19.4. The molecule has 1 aromatic heterocycles. The number of fused-ring (bicyclic) bond motifs is 1. The van der Waals surface area contributed by atoms with E-state index in [1.54, 1.807) is 12.1 Å². The van der Waals surface area contributed by atoms with E-state index in [-0.39, 0.29) is 17.1 Å². The minimum atomic E-state index is -4.78. The first-order valence-corrected chi connectivity index (χ1v) is 9.64. The second kappa shape index (κ2) is 7.75. The number of halogens is 3. The largest absolute Gasteiger partial charge is 0.508 e. The predicted octanol–water partition coefficient (Wildman–Crippen LogP) is 4.32. The molecule has 3 N–H and O–H groups in total. The van der Waals surface area contributed by atoms with Gasteiger partial charge >= 0.3 is 6.18 Å². The van der Waals surface area contributed by atoms with Gasteiger partial charge in [-0.2, -0.15) is 18.2 Å². The van der Waals surface area contributed by atoms with Gasteiger partial charge in [-0.25, -0.2) is 9.98 Å². The van der Waals surface area contributed by atoms with E-state index < -0.39 is 30.0 Å². The molecule has 2 heterocycles. The van der Waals surface area contributed by atoms with Crippen molar-refractivity contribution in [1.29, 1.82) is 0 Å². The van der Waals surface area contributed by atoms with Gasteiger partial charge in [0.05, 0.1) is 0 Å². The van der Waals surface area contributed by atoms with Crippen LogP contribution in [-0.4, -0.2) is 34.2 Å². The summed E-state index contributed by atoms with van der Waals surface area (Å²) in [5, 5.41) is 10.6. The Kier molecular flexibility index (Phi) is 5.27. The van der Waals surface area contributed by atoms with Crippen molar-refractivity contribution in [3.8, 4) is 11.6 Å². The molecule has 0 bridgehead atoms. The number of anilines is 1. The lowest BCUT2D eigenvalue weighted by Gasteiger charge is -2.26. The van der Waals surface area contributed by atoms with Gasteiger partial charge in [0.1, 0.15) is 11.5 Å². The van der Waals surface area contributed by atoms with Gasteiger partial charge in [0.2, 0.25) is 18.0 Å². The molecule has 0 saturated heterocycles. The fraction of sp³-hybridized carbons (Fsp3) is 0.450. The van der Waals surface area contributed by atoms with Crippen LogP contribution in [0.4, 0.5) is 24.7 Å². The van der Waals surface area contributed by atoms with E-state index >= 15 is 0 Å². The topological polar surface area (TPSA) is 103 Å². The molecule has 1 fully saturated rings. The van der Waals surface area contributed by atoms with E-state index in [9.17, 15) is 18.3 Å². The highest BCUT2D eigenvalue weighted by molar-refractivity contribution is 6.06. The second-order valence-electron chi connectivity index (χ2n) is 7.38. The normalized spacial score (nSPS) is 19.7. The van der Waals surface area contributed by atoms with E-state index in [0.29, 0.717) is 11.5 Å². The zero-order valence-electron chi connectivity index (χ0n) is 16.2. The number of methoxy groups -OCH3 is 1. The molecule has 1 aromatic carbocycles. The average molecular weight is 422 g/mol. The molecule has 0 amide bonds. The van der Waals surface area contributed by atoms with Crippen LogP contribution >= 0.6 is 0 Å². The van der Waals surface area contributed by atoms with Crippen LogP contribution in [0.3, 0.4) is 0 Å². The SMILES string of the molecule is COC1Oc2nc(C(F)(F)F)nc(N)c2N=C1c1ccc(C2CCCCC2)c(O)c1. The number of hydrogen-bond donors (Lipinski definition) is 2. The van der Waals surface area contributed by atoms with Crippen molar-refractivity contribution >= 4 is 17.2 Å². The molecule has 0 spiro atoms. The van der Waals surface area contributed by atoms with Crippen LogP contribution in [0.15, 0.2) is 23.2 Å². The standard InChI is InChI=1S/C20H21F3N4O3/c1-29-18-14(11-7-8-12(13(28)9-11)10-5-3-2-4-6-10)25-15-16(24)26-19(20(21,22)23)27-17(15)30-18/h7-10,18,28H,2-6H2,1H3,(H2,24,26,27). The zero-order chi connectivity index (χ0) is 21.5. The highest BCUT2D eigenvalue weighted by Crippen LogP contribution is 2.41. The first-order chi connectivity index (χ1) is 14.3. The minimum Gasteiger partial charge on any atom is -0.508 e. The van der Waals surface area contributed by atoms with Crippen LogP contribution in [0.25, 0.3) is 0 Å². The molecule has 30 heavy (non-hydrogen) atoms. The van der Waals surface area contributed by atoms with Crippen molar-refractivity contribution in [3.05, 3.63) is 35.2 Å². The number of aromatic hydroxyl groups is 1. The van der Waals surface area contributed by atoms with Gasteiger partial charge in [0, 0.05) is 12.7 Å². The zero-order valence-corrected chi connectivity index (χ0v) is 16.2. The van der Waals surface area contributed by atoms with Crippen molar-refractivity contribution in [2.45, 2.75) is 50.5 Å². The molecule has 1 atom stereocenters. The Labute approximate surface area is 170 Å². The molecule has 2 aromatic rings. The smallest absolute Gasteiger partial charge is 0.451 e. The van der Waals surface area contributed by atoms with Gasteiger partial charge in [-0.3, -0.25) is 0 Å². The molecule has 4 rings (SSSR count). The molecule has 1 aliphatic heterocycles. The maximum atomic E-state index is 13.0. The average Bonchev–Trinajstić information content (AvgIpc) is 2.72. The van der Waals surface area contributed by atoms with E-state index in [0.717, 1.165) is 31.2 Å². The van der Waals surface area contributed by atoms with Crippen molar-refractivity contribution in [1.82, 2.24) is 9.97 Å². The van der Waals surface area contributed by atoms with Gasteiger partial charge < -0.3 is 20.3 Å². The molecule has 0 radical (unpaired) electrons. The van der Waals surface area contributed by atoms with E-state index in [2.05, 4.69) is 15.0 Å². The molecule has 1 saturated carbocycles. The van der Waals surface area contributed by atoms with Gasteiger partial charge in [0.25, 0.3) is 0 Å².